The minimum atomic E-state index is 0.599. The number of nitrogens with zero attached hydrogens (tertiary/aromatic N) is 2. The van der Waals surface area contributed by atoms with Gasteiger partial charge in [-0.3, -0.25) is 4.98 Å². The second-order valence-corrected chi connectivity index (χ2v) is 4.41. The highest BCUT2D eigenvalue weighted by atomic mass is 16.1. The van der Waals surface area contributed by atoms with Crippen LogP contribution < -0.4 is 0 Å². The molecule has 0 aromatic carbocycles. The lowest BCUT2D eigenvalue weighted by Crippen LogP contribution is -2.05. The molecule has 0 saturated heterocycles. The molecule has 3 nitrogen and oxygen atoms in total. The van der Waals surface area contributed by atoms with E-state index in [9.17, 15) is 4.79 Å². The molecule has 0 amide bonds. The van der Waals surface area contributed by atoms with Crippen LogP contribution in [-0.2, 0) is 4.79 Å². The maximum absolute atomic E-state index is 10.3. The predicted molar refractivity (Wildman–Crippen MR) is 62.6 cm³/mol. The molecule has 3 heteroatoms. The lowest BCUT2D eigenvalue weighted by Gasteiger charge is -2.21. The quantitative estimate of drug-likeness (QED) is 0.561. The van der Waals surface area contributed by atoms with Crippen molar-refractivity contribution in [1.82, 2.24) is 4.98 Å². The molecule has 0 bridgehead atoms. The van der Waals surface area contributed by atoms with E-state index in [0.29, 0.717) is 11.6 Å². The van der Waals surface area contributed by atoms with Crippen molar-refractivity contribution in [3.05, 3.63) is 23.5 Å². The van der Waals surface area contributed by atoms with E-state index in [4.69, 9.17) is 0 Å². The Morgan fingerprint density at radius 1 is 1.38 bits per heavy atom. The Balaban J connectivity index is 2.27. The largest absolute Gasteiger partial charge is 0.259 e. The third-order valence-electron chi connectivity index (χ3n) is 3.32. The second kappa shape index (κ2) is 5.04. The van der Waals surface area contributed by atoms with E-state index in [2.05, 4.69) is 9.98 Å². The maximum atomic E-state index is 10.3. The Labute approximate surface area is 95.6 Å². The van der Waals surface area contributed by atoms with Gasteiger partial charge in [-0.15, -0.1) is 0 Å². The summed E-state index contributed by atoms with van der Waals surface area (Å²) >= 11 is 0. The highest BCUT2D eigenvalue weighted by Crippen LogP contribution is 2.34. The molecule has 0 radical (unpaired) electrons. The molecule has 1 fully saturated rings. The molecule has 1 aromatic heterocycles. The van der Waals surface area contributed by atoms with Crippen molar-refractivity contribution >= 4 is 11.8 Å². The van der Waals surface area contributed by atoms with Crippen LogP contribution in [0.1, 0.15) is 49.3 Å². The monoisotopic (exact) mass is 216 g/mol. The molecule has 1 saturated carbocycles. The number of aromatic nitrogens is 1. The Hall–Kier alpha value is -1.47. The molecule has 0 aliphatic heterocycles. The van der Waals surface area contributed by atoms with Gasteiger partial charge in [-0.25, -0.2) is 4.79 Å². The van der Waals surface area contributed by atoms with Crippen LogP contribution in [0.3, 0.4) is 0 Å². The van der Waals surface area contributed by atoms with Crippen LogP contribution in [0, 0.1) is 6.92 Å². The Kier molecular flexibility index (Phi) is 3.47. The molecule has 0 unspecified atom stereocenters. The molecule has 1 aromatic rings. The maximum Gasteiger partial charge on any atom is 0.240 e. The summed E-state index contributed by atoms with van der Waals surface area (Å²) in [7, 11) is 0. The number of pyridine rings is 1. The van der Waals surface area contributed by atoms with Crippen LogP contribution in [0.5, 0.6) is 0 Å². The molecule has 2 rings (SSSR count). The molecule has 16 heavy (non-hydrogen) atoms. The minimum absolute atomic E-state index is 0.599. The lowest BCUT2D eigenvalue weighted by atomic mass is 9.84. The van der Waals surface area contributed by atoms with Crippen molar-refractivity contribution < 1.29 is 4.79 Å². The van der Waals surface area contributed by atoms with Gasteiger partial charge < -0.3 is 0 Å². The Bertz CT molecular complexity index is 416. The number of isocyanates is 1. The van der Waals surface area contributed by atoms with Gasteiger partial charge >= 0.3 is 0 Å². The van der Waals surface area contributed by atoms with Gasteiger partial charge in [0.05, 0.1) is 11.4 Å². The average Bonchev–Trinajstić information content (AvgIpc) is 2.33. The highest BCUT2D eigenvalue weighted by molar-refractivity contribution is 5.52. The molecule has 1 aliphatic carbocycles. The molecule has 0 spiro atoms. The fourth-order valence-electron chi connectivity index (χ4n) is 2.36. The molecule has 0 atom stereocenters. The number of hydrogen-bond donors (Lipinski definition) is 0. The van der Waals surface area contributed by atoms with Crippen molar-refractivity contribution in [1.29, 1.82) is 0 Å². The SMILES string of the molecule is Cc1ncc(C2CCCCC2)cc1N=C=O. The van der Waals surface area contributed by atoms with Gasteiger partial charge in [0.25, 0.3) is 0 Å². The van der Waals surface area contributed by atoms with E-state index in [0.717, 1.165) is 5.69 Å². The number of aliphatic imine (C=N–C) groups is 1. The van der Waals surface area contributed by atoms with Gasteiger partial charge in [0.15, 0.2) is 0 Å². The number of hydrogen-bond acceptors (Lipinski definition) is 3. The normalized spacial score (nSPS) is 16.8. The van der Waals surface area contributed by atoms with Crippen molar-refractivity contribution in [2.24, 2.45) is 4.99 Å². The van der Waals surface area contributed by atoms with Crippen LogP contribution in [0.15, 0.2) is 17.3 Å². The zero-order chi connectivity index (χ0) is 11.4. The van der Waals surface area contributed by atoms with E-state index >= 15 is 0 Å². The summed E-state index contributed by atoms with van der Waals surface area (Å²) in [4.78, 5) is 18.3. The third kappa shape index (κ3) is 2.37. The lowest BCUT2D eigenvalue weighted by molar-refractivity contribution is 0.443. The van der Waals surface area contributed by atoms with Gasteiger partial charge in [-0.05, 0) is 37.3 Å². The molecular formula is C13H16N2O. The van der Waals surface area contributed by atoms with Crippen LogP contribution >= 0.6 is 0 Å². The highest BCUT2D eigenvalue weighted by Gasteiger charge is 2.16. The second-order valence-electron chi connectivity index (χ2n) is 4.41. The Morgan fingerprint density at radius 2 is 2.12 bits per heavy atom. The molecule has 1 heterocycles. The summed E-state index contributed by atoms with van der Waals surface area (Å²) < 4.78 is 0. The summed E-state index contributed by atoms with van der Waals surface area (Å²) in [6.45, 7) is 1.86. The standard InChI is InChI=1S/C13H16N2O/c1-10-13(15-9-16)7-12(8-14-10)11-5-3-2-4-6-11/h7-8,11H,2-6H2,1H3. The van der Waals surface area contributed by atoms with E-state index in [-0.39, 0.29) is 0 Å². The minimum Gasteiger partial charge on any atom is -0.259 e. The third-order valence-corrected chi connectivity index (χ3v) is 3.32. The van der Waals surface area contributed by atoms with Crippen molar-refractivity contribution in [3.8, 4) is 0 Å². The summed E-state index contributed by atoms with van der Waals surface area (Å²) in [6, 6.07) is 1.99. The first-order valence-electron chi connectivity index (χ1n) is 5.85. The smallest absolute Gasteiger partial charge is 0.240 e. The summed E-state index contributed by atoms with van der Waals surface area (Å²) in [6.07, 6.45) is 9.91. The molecule has 84 valence electrons. The zero-order valence-electron chi connectivity index (χ0n) is 9.57. The van der Waals surface area contributed by atoms with Gasteiger partial charge in [-0.2, -0.15) is 4.99 Å². The fourth-order valence-corrected chi connectivity index (χ4v) is 2.36. The molecular weight excluding hydrogens is 200 g/mol. The van der Waals surface area contributed by atoms with Gasteiger partial charge in [0.1, 0.15) is 0 Å². The number of aryl methyl sites for hydroxylation is 1. The fraction of sp³-hybridized carbons (Fsp3) is 0.538. The molecule has 0 N–H and O–H groups in total. The number of rotatable bonds is 2. The average molecular weight is 216 g/mol. The topological polar surface area (TPSA) is 42.3 Å². The summed E-state index contributed by atoms with van der Waals surface area (Å²) in [5.74, 6) is 0.599. The summed E-state index contributed by atoms with van der Waals surface area (Å²) in [5, 5.41) is 0. The van der Waals surface area contributed by atoms with Crippen molar-refractivity contribution in [3.63, 3.8) is 0 Å². The van der Waals surface area contributed by atoms with E-state index in [1.165, 1.54) is 37.7 Å². The van der Waals surface area contributed by atoms with Crippen LogP contribution in [0.4, 0.5) is 5.69 Å². The predicted octanol–water partition coefficient (Wildman–Crippen LogP) is 3.41. The van der Waals surface area contributed by atoms with Crippen molar-refractivity contribution in [2.45, 2.75) is 44.9 Å². The van der Waals surface area contributed by atoms with Crippen LogP contribution in [0.25, 0.3) is 0 Å². The number of carbonyl (C=O) groups excluding carboxylic acids is 1. The van der Waals surface area contributed by atoms with E-state index in [1.54, 1.807) is 6.08 Å². The first kappa shape index (κ1) is 11.0. The van der Waals surface area contributed by atoms with Crippen LogP contribution in [0.2, 0.25) is 0 Å². The van der Waals surface area contributed by atoms with Gasteiger partial charge in [0.2, 0.25) is 6.08 Å². The first-order chi connectivity index (χ1) is 7.81. The van der Waals surface area contributed by atoms with E-state index in [1.807, 2.05) is 19.2 Å². The Morgan fingerprint density at radius 3 is 2.81 bits per heavy atom. The van der Waals surface area contributed by atoms with Crippen LogP contribution in [-0.4, -0.2) is 11.1 Å². The first-order valence-corrected chi connectivity index (χ1v) is 5.85. The molecule has 1 aliphatic rings. The van der Waals surface area contributed by atoms with Gasteiger partial charge in [-0.1, -0.05) is 19.3 Å². The van der Waals surface area contributed by atoms with E-state index < -0.39 is 0 Å². The van der Waals surface area contributed by atoms with Gasteiger partial charge in [0, 0.05) is 6.20 Å². The summed E-state index contributed by atoms with van der Waals surface area (Å²) in [5.41, 5.74) is 2.68. The van der Waals surface area contributed by atoms with Crippen molar-refractivity contribution in [2.75, 3.05) is 0 Å². The zero-order valence-corrected chi connectivity index (χ0v) is 9.57.